The van der Waals surface area contributed by atoms with E-state index in [9.17, 15) is 0 Å². The summed E-state index contributed by atoms with van der Waals surface area (Å²) in [5.74, 6) is 0.886. The van der Waals surface area contributed by atoms with Crippen molar-refractivity contribution in [3.63, 3.8) is 0 Å². The second-order valence-corrected chi connectivity index (χ2v) is 6.22. The third kappa shape index (κ3) is 2.97. The summed E-state index contributed by atoms with van der Waals surface area (Å²) in [6.45, 7) is 0. The van der Waals surface area contributed by atoms with Gasteiger partial charge in [-0.3, -0.25) is 4.98 Å². The third-order valence-corrected chi connectivity index (χ3v) is 4.70. The van der Waals surface area contributed by atoms with Crippen LogP contribution in [0.4, 0.5) is 5.82 Å². The SMILES string of the molecule is CO[C@H]1CC[C@@H](Nc2ccc3ncc(-c4ccncc4)n3n2)CC1. The summed E-state index contributed by atoms with van der Waals surface area (Å²) < 4.78 is 7.33. The Hall–Kier alpha value is -2.47. The van der Waals surface area contributed by atoms with Crippen molar-refractivity contribution < 1.29 is 4.74 Å². The Morgan fingerprint density at radius 2 is 1.88 bits per heavy atom. The van der Waals surface area contributed by atoms with Crippen molar-refractivity contribution in [2.24, 2.45) is 0 Å². The van der Waals surface area contributed by atoms with Gasteiger partial charge in [0.15, 0.2) is 5.65 Å². The summed E-state index contributed by atoms with van der Waals surface area (Å²) in [5, 5.41) is 8.29. The number of imidazole rings is 1. The van der Waals surface area contributed by atoms with E-state index in [0.717, 1.165) is 48.4 Å². The Morgan fingerprint density at radius 1 is 1.08 bits per heavy atom. The van der Waals surface area contributed by atoms with Crippen LogP contribution in [0.1, 0.15) is 25.7 Å². The Balaban J connectivity index is 1.57. The van der Waals surface area contributed by atoms with Crippen LogP contribution in [0, 0.1) is 0 Å². The number of hydrogen-bond donors (Lipinski definition) is 1. The highest BCUT2D eigenvalue weighted by atomic mass is 16.5. The largest absolute Gasteiger partial charge is 0.381 e. The van der Waals surface area contributed by atoms with Gasteiger partial charge in [-0.2, -0.15) is 0 Å². The van der Waals surface area contributed by atoms with Crippen molar-refractivity contribution in [3.05, 3.63) is 42.9 Å². The number of methoxy groups -OCH3 is 1. The summed E-state index contributed by atoms with van der Waals surface area (Å²) in [7, 11) is 1.80. The van der Waals surface area contributed by atoms with Gasteiger partial charge in [0, 0.05) is 31.1 Å². The van der Waals surface area contributed by atoms with Gasteiger partial charge in [-0.1, -0.05) is 0 Å². The van der Waals surface area contributed by atoms with Crippen LogP contribution >= 0.6 is 0 Å². The lowest BCUT2D eigenvalue weighted by atomic mass is 9.93. The van der Waals surface area contributed by atoms with Crippen LogP contribution in [0.5, 0.6) is 0 Å². The van der Waals surface area contributed by atoms with Crippen molar-refractivity contribution >= 4 is 11.5 Å². The van der Waals surface area contributed by atoms with Gasteiger partial charge in [0.25, 0.3) is 0 Å². The molecule has 0 spiro atoms. The molecule has 3 heterocycles. The average molecular weight is 323 g/mol. The summed E-state index contributed by atoms with van der Waals surface area (Å²) in [6.07, 6.45) is 10.2. The Labute approximate surface area is 140 Å². The van der Waals surface area contributed by atoms with E-state index in [2.05, 4.69) is 15.3 Å². The molecule has 0 aliphatic heterocycles. The highest BCUT2D eigenvalue weighted by molar-refractivity contribution is 5.63. The minimum atomic E-state index is 0.408. The molecule has 124 valence electrons. The predicted octanol–water partition coefficient (Wildman–Crippen LogP) is 3.16. The van der Waals surface area contributed by atoms with Gasteiger partial charge in [0.2, 0.25) is 0 Å². The van der Waals surface area contributed by atoms with Crippen LogP contribution in [0.25, 0.3) is 16.9 Å². The van der Waals surface area contributed by atoms with E-state index < -0.39 is 0 Å². The molecule has 0 radical (unpaired) electrons. The third-order valence-electron chi connectivity index (χ3n) is 4.70. The molecule has 1 aliphatic rings. The molecule has 0 aromatic carbocycles. The standard InChI is InChI=1S/C18H21N5O/c1-24-15-4-2-14(3-5-15)21-17-6-7-18-20-12-16(23(18)22-17)13-8-10-19-11-9-13/h6-12,14-15H,2-5H2,1H3,(H,21,22)/t14-,15+. The molecule has 1 fully saturated rings. The van der Waals surface area contributed by atoms with E-state index >= 15 is 0 Å². The molecule has 6 nitrogen and oxygen atoms in total. The number of fused-ring (bicyclic) bond motifs is 1. The molecule has 0 unspecified atom stereocenters. The zero-order valence-corrected chi connectivity index (χ0v) is 13.7. The number of aromatic nitrogens is 4. The van der Waals surface area contributed by atoms with E-state index in [1.54, 1.807) is 19.5 Å². The molecule has 1 N–H and O–H groups in total. The molecule has 1 saturated carbocycles. The zero-order chi connectivity index (χ0) is 16.4. The number of rotatable bonds is 4. The lowest BCUT2D eigenvalue weighted by Crippen LogP contribution is -2.29. The summed E-state index contributed by atoms with van der Waals surface area (Å²) >= 11 is 0. The quantitative estimate of drug-likeness (QED) is 0.799. The van der Waals surface area contributed by atoms with Crippen LogP contribution in [-0.2, 0) is 4.74 Å². The molecular formula is C18H21N5O. The fourth-order valence-electron chi connectivity index (χ4n) is 3.32. The van der Waals surface area contributed by atoms with Gasteiger partial charge in [0.1, 0.15) is 5.82 Å². The second kappa shape index (κ2) is 6.57. The molecule has 1 aliphatic carbocycles. The smallest absolute Gasteiger partial charge is 0.154 e. The number of ether oxygens (including phenoxy) is 1. The molecule has 0 amide bonds. The zero-order valence-electron chi connectivity index (χ0n) is 13.7. The van der Waals surface area contributed by atoms with Gasteiger partial charge >= 0.3 is 0 Å². The Kier molecular flexibility index (Phi) is 4.13. The van der Waals surface area contributed by atoms with Gasteiger partial charge in [0.05, 0.1) is 18.0 Å². The molecule has 3 aromatic heterocycles. The van der Waals surface area contributed by atoms with Crippen LogP contribution in [0.3, 0.4) is 0 Å². The Morgan fingerprint density at radius 3 is 2.62 bits per heavy atom. The molecule has 4 rings (SSSR count). The lowest BCUT2D eigenvalue weighted by Gasteiger charge is -2.28. The Bertz CT molecular complexity index is 809. The molecule has 24 heavy (non-hydrogen) atoms. The maximum absolute atomic E-state index is 5.44. The van der Waals surface area contributed by atoms with Crippen LogP contribution in [0.15, 0.2) is 42.9 Å². The fraction of sp³-hybridized carbons (Fsp3) is 0.389. The van der Waals surface area contributed by atoms with Crippen molar-refractivity contribution in [1.29, 1.82) is 0 Å². The first-order valence-electron chi connectivity index (χ1n) is 8.38. The monoisotopic (exact) mass is 323 g/mol. The van der Waals surface area contributed by atoms with Crippen LogP contribution in [0.2, 0.25) is 0 Å². The van der Waals surface area contributed by atoms with E-state index in [1.807, 2.05) is 35.0 Å². The second-order valence-electron chi connectivity index (χ2n) is 6.22. The topological polar surface area (TPSA) is 64.3 Å². The molecular weight excluding hydrogens is 302 g/mol. The van der Waals surface area contributed by atoms with Gasteiger partial charge in [-0.05, 0) is 49.9 Å². The molecule has 3 aromatic rings. The van der Waals surface area contributed by atoms with Gasteiger partial charge < -0.3 is 10.1 Å². The molecule has 0 bridgehead atoms. The number of nitrogens with one attached hydrogen (secondary N) is 1. The van der Waals surface area contributed by atoms with Crippen LogP contribution < -0.4 is 5.32 Å². The summed E-state index contributed by atoms with van der Waals surface area (Å²) in [5.41, 5.74) is 2.87. The van der Waals surface area contributed by atoms with E-state index in [0.29, 0.717) is 12.1 Å². The number of pyridine rings is 1. The van der Waals surface area contributed by atoms with Crippen molar-refractivity contribution in [3.8, 4) is 11.3 Å². The average Bonchev–Trinajstić information content (AvgIpc) is 3.06. The maximum atomic E-state index is 5.44. The van der Waals surface area contributed by atoms with Crippen molar-refractivity contribution in [2.75, 3.05) is 12.4 Å². The van der Waals surface area contributed by atoms with E-state index in [4.69, 9.17) is 9.84 Å². The highest BCUT2D eigenvalue weighted by Crippen LogP contribution is 2.24. The molecule has 6 heteroatoms. The molecule has 0 saturated heterocycles. The van der Waals surface area contributed by atoms with E-state index in [-0.39, 0.29) is 0 Å². The number of anilines is 1. The van der Waals surface area contributed by atoms with Gasteiger partial charge in [-0.25, -0.2) is 9.50 Å². The van der Waals surface area contributed by atoms with Gasteiger partial charge in [-0.15, -0.1) is 5.10 Å². The van der Waals surface area contributed by atoms with E-state index in [1.165, 1.54) is 0 Å². The van der Waals surface area contributed by atoms with Crippen molar-refractivity contribution in [1.82, 2.24) is 19.6 Å². The minimum absolute atomic E-state index is 0.408. The summed E-state index contributed by atoms with van der Waals surface area (Å²) in [6, 6.07) is 8.39. The fourth-order valence-corrected chi connectivity index (χ4v) is 3.32. The number of hydrogen-bond acceptors (Lipinski definition) is 5. The first-order valence-corrected chi connectivity index (χ1v) is 8.38. The summed E-state index contributed by atoms with van der Waals surface area (Å²) in [4.78, 5) is 8.51. The highest BCUT2D eigenvalue weighted by Gasteiger charge is 2.21. The first-order chi connectivity index (χ1) is 11.8. The molecule has 0 atom stereocenters. The lowest BCUT2D eigenvalue weighted by molar-refractivity contribution is 0.0681. The maximum Gasteiger partial charge on any atom is 0.154 e. The normalized spacial score (nSPS) is 21.0. The van der Waals surface area contributed by atoms with Crippen molar-refractivity contribution in [2.45, 2.75) is 37.8 Å². The minimum Gasteiger partial charge on any atom is -0.381 e. The first kappa shape index (κ1) is 15.1. The predicted molar refractivity (Wildman–Crippen MR) is 92.9 cm³/mol. The van der Waals surface area contributed by atoms with Crippen LogP contribution in [-0.4, -0.2) is 38.8 Å². The number of nitrogens with zero attached hydrogens (tertiary/aromatic N) is 4.